The van der Waals surface area contributed by atoms with E-state index in [9.17, 15) is 13.2 Å². The van der Waals surface area contributed by atoms with Crippen molar-refractivity contribution < 1.29 is 17.8 Å². The Balaban J connectivity index is 0. The van der Waals surface area contributed by atoms with Crippen LogP contribution in [0.2, 0.25) is 0 Å². The van der Waals surface area contributed by atoms with Gasteiger partial charge in [0, 0.05) is 5.57 Å². The van der Waals surface area contributed by atoms with E-state index in [4.69, 9.17) is 10.3 Å². The minimum Gasteiger partial charge on any atom is -0.366 e. The van der Waals surface area contributed by atoms with E-state index in [0.29, 0.717) is 5.57 Å². The summed E-state index contributed by atoms with van der Waals surface area (Å²) >= 11 is 0. The monoisotopic (exact) mass is 195 g/mol. The Hall–Kier alpha value is -0.880. The van der Waals surface area contributed by atoms with Gasteiger partial charge in [0.05, 0.1) is 5.75 Å². The van der Waals surface area contributed by atoms with Gasteiger partial charge in [-0.3, -0.25) is 9.35 Å². The number of primary amides is 1. The second-order valence-corrected chi connectivity index (χ2v) is 3.76. The Morgan fingerprint density at radius 2 is 1.75 bits per heavy atom. The molecule has 0 aliphatic rings. The summed E-state index contributed by atoms with van der Waals surface area (Å²) in [4.78, 5) is 9.82. The van der Waals surface area contributed by atoms with Gasteiger partial charge in [-0.15, -0.1) is 0 Å². The standard InChI is InChI=1S/C4H7NO.C2H6O3S/c1-3(2)4(5)6;1-2-6(3,4)5/h1H2,2H3,(H2,5,6);2H2,1H3,(H,3,4,5). The quantitative estimate of drug-likeness (QED) is 0.476. The summed E-state index contributed by atoms with van der Waals surface area (Å²) in [6, 6.07) is 0. The highest BCUT2D eigenvalue weighted by atomic mass is 32.2. The van der Waals surface area contributed by atoms with Crippen molar-refractivity contribution in [2.75, 3.05) is 5.75 Å². The van der Waals surface area contributed by atoms with Crippen LogP contribution in [0.15, 0.2) is 12.2 Å². The Labute approximate surface area is 72.0 Å². The highest BCUT2D eigenvalue weighted by Gasteiger charge is 1.93. The summed E-state index contributed by atoms with van der Waals surface area (Å²) in [7, 11) is -3.66. The molecule has 0 saturated heterocycles. The average Bonchev–Trinajstić information content (AvgIpc) is 1.87. The molecule has 0 aromatic heterocycles. The summed E-state index contributed by atoms with van der Waals surface area (Å²) < 4.78 is 26.9. The molecule has 0 aliphatic carbocycles. The van der Waals surface area contributed by atoms with Crippen LogP contribution in [0.5, 0.6) is 0 Å². The molecule has 0 fully saturated rings. The Kier molecular flexibility index (Phi) is 6.54. The zero-order valence-corrected chi connectivity index (χ0v) is 7.89. The lowest BCUT2D eigenvalue weighted by atomic mass is 10.3. The molecule has 0 bridgehead atoms. The summed E-state index contributed by atoms with van der Waals surface area (Å²) in [6.45, 7) is 6.22. The topological polar surface area (TPSA) is 97.5 Å². The normalized spacial score (nSPS) is 9.58. The van der Waals surface area contributed by atoms with Crippen LogP contribution in [0.25, 0.3) is 0 Å². The smallest absolute Gasteiger partial charge is 0.264 e. The fourth-order valence-electron chi connectivity index (χ4n) is 0. The van der Waals surface area contributed by atoms with E-state index in [2.05, 4.69) is 6.58 Å². The molecule has 0 rings (SSSR count). The Bertz CT molecular complexity index is 243. The number of amides is 1. The Morgan fingerprint density at radius 1 is 1.58 bits per heavy atom. The second kappa shape index (κ2) is 5.73. The molecule has 0 aliphatic heterocycles. The fourth-order valence-corrected chi connectivity index (χ4v) is 0. The van der Waals surface area contributed by atoms with Crippen molar-refractivity contribution in [1.82, 2.24) is 0 Å². The van der Waals surface area contributed by atoms with E-state index < -0.39 is 16.0 Å². The first kappa shape index (κ1) is 13.7. The molecule has 0 unspecified atom stereocenters. The highest BCUT2D eigenvalue weighted by molar-refractivity contribution is 7.85. The molecule has 12 heavy (non-hydrogen) atoms. The van der Waals surface area contributed by atoms with E-state index in [1.165, 1.54) is 6.92 Å². The third-order valence-electron chi connectivity index (χ3n) is 0.785. The molecule has 0 spiro atoms. The summed E-state index contributed by atoms with van der Waals surface area (Å²) in [6.07, 6.45) is 0. The molecule has 72 valence electrons. The molecule has 0 atom stereocenters. The maximum absolute atomic E-state index is 9.82. The molecular formula is C6H13NO4S. The Morgan fingerprint density at radius 3 is 1.75 bits per heavy atom. The molecule has 0 aromatic carbocycles. The van der Waals surface area contributed by atoms with Gasteiger partial charge in [0.2, 0.25) is 5.91 Å². The molecule has 1 amide bonds. The lowest BCUT2D eigenvalue weighted by molar-refractivity contribution is -0.114. The van der Waals surface area contributed by atoms with Gasteiger partial charge < -0.3 is 5.73 Å². The van der Waals surface area contributed by atoms with Gasteiger partial charge in [-0.05, 0) is 13.8 Å². The summed E-state index contributed by atoms with van der Waals surface area (Å²) in [5, 5.41) is 0. The van der Waals surface area contributed by atoms with Crippen LogP contribution in [0.1, 0.15) is 13.8 Å². The van der Waals surface area contributed by atoms with Gasteiger partial charge in [0.25, 0.3) is 10.1 Å². The molecule has 6 heteroatoms. The van der Waals surface area contributed by atoms with E-state index in [1.807, 2.05) is 0 Å². The lowest BCUT2D eigenvalue weighted by Gasteiger charge is -1.81. The molecule has 0 heterocycles. The van der Waals surface area contributed by atoms with Crippen molar-refractivity contribution in [2.24, 2.45) is 5.73 Å². The maximum atomic E-state index is 9.82. The molecule has 5 nitrogen and oxygen atoms in total. The molecule has 0 radical (unpaired) electrons. The van der Waals surface area contributed by atoms with Gasteiger partial charge >= 0.3 is 0 Å². The van der Waals surface area contributed by atoms with Crippen LogP contribution in [-0.2, 0) is 14.9 Å². The number of hydrogen-bond donors (Lipinski definition) is 2. The van der Waals surface area contributed by atoms with Crippen molar-refractivity contribution in [2.45, 2.75) is 13.8 Å². The number of rotatable bonds is 2. The largest absolute Gasteiger partial charge is 0.366 e. The molecular weight excluding hydrogens is 182 g/mol. The summed E-state index contributed by atoms with van der Waals surface area (Å²) in [5.41, 5.74) is 5.09. The lowest BCUT2D eigenvalue weighted by Crippen LogP contribution is -2.10. The highest BCUT2D eigenvalue weighted by Crippen LogP contribution is 1.78. The van der Waals surface area contributed by atoms with Crippen molar-refractivity contribution in [3.8, 4) is 0 Å². The minimum absolute atomic E-state index is 0.201. The second-order valence-electron chi connectivity index (χ2n) is 2.02. The average molecular weight is 195 g/mol. The van der Waals surface area contributed by atoms with Crippen LogP contribution in [0.4, 0.5) is 0 Å². The van der Waals surface area contributed by atoms with Crippen LogP contribution >= 0.6 is 0 Å². The van der Waals surface area contributed by atoms with Crippen molar-refractivity contribution in [3.63, 3.8) is 0 Å². The zero-order chi connectivity index (χ0) is 10.4. The van der Waals surface area contributed by atoms with Crippen LogP contribution in [-0.4, -0.2) is 24.6 Å². The predicted molar refractivity (Wildman–Crippen MR) is 46.1 cm³/mol. The van der Waals surface area contributed by atoms with Gasteiger partial charge in [-0.2, -0.15) is 8.42 Å². The van der Waals surface area contributed by atoms with E-state index >= 15 is 0 Å². The van der Waals surface area contributed by atoms with Crippen molar-refractivity contribution in [3.05, 3.63) is 12.2 Å². The first-order valence-electron chi connectivity index (χ1n) is 3.11. The van der Waals surface area contributed by atoms with Gasteiger partial charge in [-0.1, -0.05) is 6.58 Å². The number of carbonyl (C=O) groups excluding carboxylic acids is 1. The van der Waals surface area contributed by atoms with Crippen LogP contribution in [0.3, 0.4) is 0 Å². The predicted octanol–water partition coefficient (Wildman–Crippen LogP) is -0.0581. The SMILES string of the molecule is C=C(C)C(N)=O.CCS(=O)(=O)O. The minimum atomic E-state index is -3.66. The first-order valence-corrected chi connectivity index (χ1v) is 4.72. The first-order chi connectivity index (χ1) is 5.20. The third-order valence-corrected chi connectivity index (χ3v) is 1.52. The number of carbonyl (C=O) groups is 1. The summed E-state index contributed by atoms with van der Waals surface area (Å²) in [5.74, 6) is -0.637. The van der Waals surface area contributed by atoms with Crippen LogP contribution < -0.4 is 5.73 Å². The molecule has 3 N–H and O–H groups in total. The fraction of sp³-hybridized carbons (Fsp3) is 0.500. The number of nitrogens with two attached hydrogens (primary N) is 1. The van der Waals surface area contributed by atoms with E-state index in [0.717, 1.165) is 0 Å². The van der Waals surface area contributed by atoms with Gasteiger partial charge in [0.15, 0.2) is 0 Å². The van der Waals surface area contributed by atoms with Gasteiger partial charge in [0.1, 0.15) is 0 Å². The zero-order valence-electron chi connectivity index (χ0n) is 7.07. The van der Waals surface area contributed by atoms with E-state index in [1.54, 1.807) is 6.92 Å². The van der Waals surface area contributed by atoms with Crippen molar-refractivity contribution in [1.29, 1.82) is 0 Å². The maximum Gasteiger partial charge on any atom is 0.264 e. The van der Waals surface area contributed by atoms with Gasteiger partial charge in [-0.25, -0.2) is 0 Å². The number of hydrogen-bond acceptors (Lipinski definition) is 3. The van der Waals surface area contributed by atoms with E-state index in [-0.39, 0.29) is 5.75 Å². The van der Waals surface area contributed by atoms with Crippen LogP contribution in [0, 0.1) is 0 Å². The molecule has 0 saturated carbocycles. The molecule has 0 aromatic rings. The third kappa shape index (κ3) is 16.1. The van der Waals surface area contributed by atoms with Crippen molar-refractivity contribution >= 4 is 16.0 Å².